The summed E-state index contributed by atoms with van der Waals surface area (Å²) >= 11 is 9.08. The van der Waals surface area contributed by atoms with Crippen molar-refractivity contribution in [3.63, 3.8) is 0 Å². The monoisotopic (exact) mass is 355 g/mol. The van der Waals surface area contributed by atoms with E-state index in [2.05, 4.69) is 15.9 Å². The number of aryl methyl sites for hydroxylation is 1. The maximum atomic E-state index is 10.9. The molecular formula is C14H11BrClNO3. The van der Waals surface area contributed by atoms with E-state index < -0.39 is 4.92 Å². The molecule has 20 heavy (non-hydrogen) atoms. The number of halogens is 2. The maximum absolute atomic E-state index is 10.9. The minimum absolute atomic E-state index is 0.0263. The number of ether oxygens (including phenoxy) is 1. The molecule has 0 bridgehead atoms. The topological polar surface area (TPSA) is 52.4 Å². The molecule has 6 heteroatoms. The first-order chi connectivity index (χ1) is 9.47. The largest absolute Gasteiger partial charge is 0.489 e. The minimum Gasteiger partial charge on any atom is -0.489 e. The summed E-state index contributed by atoms with van der Waals surface area (Å²) in [7, 11) is 0. The second-order valence-electron chi connectivity index (χ2n) is 4.24. The summed E-state index contributed by atoms with van der Waals surface area (Å²) in [5.41, 5.74) is 1.68. The van der Waals surface area contributed by atoms with Gasteiger partial charge in [-0.3, -0.25) is 10.1 Å². The van der Waals surface area contributed by atoms with Crippen LogP contribution in [0, 0.1) is 17.0 Å². The standard InChI is InChI=1S/C14H11BrClNO3/c1-9-6-11(3-5-13(9)16)20-8-10-2-4-12(15)14(7-10)17(18)19/h2-7H,8H2,1H3. The van der Waals surface area contributed by atoms with E-state index in [0.29, 0.717) is 15.2 Å². The Balaban J connectivity index is 2.12. The fraction of sp³-hybridized carbons (Fsp3) is 0.143. The van der Waals surface area contributed by atoms with Crippen molar-refractivity contribution in [1.29, 1.82) is 0 Å². The Morgan fingerprint density at radius 2 is 2.05 bits per heavy atom. The van der Waals surface area contributed by atoms with Gasteiger partial charge in [-0.2, -0.15) is 0 Å². The Morgan fingerprint density at radius 1 is 1.30 bits per heavy atom. The van der Waals surface area contributed by atoms with Gasteiger partial charge in [-0.25, -0.2) is 0 Å². The first-order valence-electron chi connectivity index (χ1n) is 5.79. The van der Waals surface area contributed by atoms with Crippen molar-refractivity contribution in [2.24, 2.45) is 0 Å². The molecule has 0 aliphatic carbocycles. The molecule has 0 aliphatic rings. The highest BCUT2D eigenvalue weighted by molar-refractivity contribution is 9.10. The van der Waals surface area contributed by atoms with Crippen molar-refractivity contribution in [2.75, 3.05) is 0 Å². The fourth-order valence-corrected chi connectivity index (χ4v) is 2.17. The van der Waals surface area contributed by atoms with E-state index in [9.17, 15) is 10.1 Å². The molecule has 0 amide bonds. The molecule has 2 aromatic rings. The molecule has 0 spiro atoms. The van der Waals surface area contributed by atoms with Gasteiger partial charge in [0.15, 0.2) is 0 Å². The smallest absolute Gasteiger partial charge is 0.283 e. The molecule has 104 valence electrons. The zero-order chi connectivity index (χ0) is 14.7. The third-order valence-electron chi connectivity index (χ3n) is 2.74. The molecule has 0 saturated heterocycles. The quantitative estimate of drug-likeness (QED) is 0.578. The normalized spacial score (nSPS) is 10.3. The van der Waals surface area contributed by atoms with Crippen molar-refractivity contribution in [3.05, 3.63) is 67.1 Å². The van der Waals surface area contributed by atoms with Crippen LogP contribution in [0.1, 0.15) is 11.1 Å². The van der Waals surface area contributed by atoms with Gasteiger partial charge < -0.3 is 4.74 Å². The predicted molar refractivity (Wildman–Crippen MR) is 81.3 cm³/mol. The van der Waals surface area contributed by atoms with Crippen molar-refractivity contribution in [2.45, 2.75) is 13.5 Å². The Kier molecular flexibility index (Phi) is 4.62. The maximum Gasteiger partial charge on any atom is 0.283 e. The molecule has 0 N–H and O–H groups in total. The van der Waals surface area contributed by atoms with E-state index in [1.165, 1.54) is 6.07 Å². The van der Waals surface area contributed by atoms with Gasteiger partial charge in [-0.05, 0) is 58.2 Å². The average Bonchev–Trinajstić information content (AvgIpc) is 2.41. The second kappa shape index (κ2) is 6.24. The molecule has 0 aliphatic heterocycles. The molecule has 0 atom stereocenters. The predicted octanol–water partition coefficient (Wildman–Crippen LogP) is 4.90. The summed E-state index contributed by atoms with van der Waals surface area (Å²) in [6, 6.07) is 10.3. The van der Waals surface area contributed by atoms with Crippen LogP contribution in [-0.2, 0) is 6.61 Å². The van der Waals surface area contributed by atoms with E-state index in [0.717, 1.165) is 11.1 Å². The summed E-state index contributed by atoms with van der Waals surface area (Å²) in [4.78, 5) is 10.4. The highest BCUT2D eigenvalue weighted by atomic mass is 79.9. The lowest BCUT2D eigenvalue weighted by Gasteiger charge is -2.08. The molecule has 0 radical (unpaired) electrons. The lowest BCUT2D eigenvalue weighted by Crippen LogP contribution is -1.98. The van der Waals surface area contributed by atoms with Crippen LogP contribution >= 0.6 is 27.5 Å². The zero-order valence-corrected chi connectivity index (χ0v) is 12.9. The van der Waals surface area contributed by atoms with Crippen LogP contribution in [0.15, 0.2) is 40.9 Å². The molecule has 2 aromatic carbocycles. The second-order valence-corrected chi connectivity index (χ2v) is 5.50. The summed E-state index contributed by atoms with van der Waals surface area (Å²) in [6.07, 6.45) is 0. The van der Waals surface area contributed by atoms with Gasteiger partial charge in [0.05, 0.1) is 9.40 Å². The van der Waals surface area contributed by atoms with Crippen molar-refractivity contribution < 1.29 is 9.66 Å². The first-order valence-corrected chi connectivity index (χ1v) is 6.96. The molecule has 2 rings (SSSR count). The van der Waals surface area contributed by atoms with Crippen molar-refractivity contribution >= 4 is 33.2 Å². The lowest BCUT2D eigenvalue weighted by atomic mass is 10.2. The Hall–Kier alpha value is -1.59. The van der Waals surface area contributed by atoms with Crippen molar-refractivity contribution in [3.8, 4) is 5.75 Å². The zero-order valence-electron chi connectivity index (χ0n) is 10.6. The molecule has 0 aromatic heterocycles. The Labute approximate surface area is 129 Å². The molecule has 0 heterocycles. The molecule has 0 fully saturated rings. The van der Waals surface area contributed by atoms with Crippen LogP contribution < -0.4 is 4.74 Å². The Morgan fingerprint density at radius 3 is 2.70 bits per heavy atom. The molecule has 0 unspecified atom stereocenters. The highest BCUT2D eigenvalue weighted by Gasteiger charge is 2.12. The molecule has 0 saturated carbocycles. The molecule has 4 nitrogen and oxygen atoms in total. The third kappa shape index (κ3) is 3.49. The van der Waals surface area contributed by atoms with Crippen LogP contribution in [0.3, 0.4) is 0 Å². The van der Waals surface area contributed by atoms with Crippen LogP contribution in [-0.4, -0.2) is 4.92 Å². The van der Waals surface area contributed by atoms with E-state index in [1.807, 2.05) is 13.0 Å². The van der Waals surface area contributed by atoms with E-state index >= 15 is 0 Å². The summed E-state index contributed by atoms with van der Waals surface area (Å²) < 4.78 is 6.06. The van der Waals surface area contributed by atoms with E-state index in [1.54, 1.807) is 24.3 Å². The number of hydrogen-bond acceptors (Lipinski definition) is 3. The third-order valence-corrected chi connectivity index (χ3v) is 3.84. The lowest BCUT2D eigenvalue weighted by molar-refractivity contribution is -0.385. The average molecular weight is 357 g/mol. The van der Waals surface area contributed by atoms with E-state index in [4.69, 9.17) is 16.3 Å². The molecular weight excluding hydrogens is 346 g/mol. The summed E-state index contributed by atoms with van der Waals surface area (Å²) in [5, 5.41) is 11.5. The number of nitrogens with zero attached hydrogens (tertiary/aromatic N) is 1. The first kappa shape index (κ1) is 14.8. The fourth-order valence-electron chi connectivity index (χ4n) is 1.66. The number of nitro benzene ring substituents is 1. The van der Waals surface area contributed by atoms with Gasteiger partial charge in [0.2, 0.25) is 0 Å². The number of hydrogen-bond donors (Lipinski definition) is 0. The van der Waals surface area contributed by atoms with Crippen LogP contribution in [0.2, 0.25) is 5.02 Å². The van der Waals surface area contributed by atoms with Gasteiger partial charge in [-0.1, -0.05) is 17.7 Å². The minimum atomic E-state index is -0.431. The van der Waals surface area contributed by atoms with E-state index in [-0.39, 0.29) is 12.3 Å². The van der Waals surface area contributed by atoms with Crippen molar-refractivity contribution in [1.82, 2.24) is 0 Å². The Bertz CT molecular complexity index is 661. The van der Waals surface area contributed by atoms with Gasteiger partial charge in [-0.15, -0.1) is 0 Å². The van der Waals surface area contributed by atoms with Gasteiger partial charge in [0.1, 0.15) is 12.4 Å². The number of nitro groups is 1. The summed E-state index contributed by atoms with van der Waals surface area (Å²) in [6.45, 7) is 2.15. The van der Waals surface area contributed by atoms with Gasteiger partial charge in [0, 0.05) is 11.1 Å². The highest BCUT2D eigenvalue weighted by Crippen LogP contribution is 2.27. The number of benzene rings is 2. The SMILES string of the molecule is Cc1cc(OCc2ccc(Br)c([N+](=O)[O-])c2)ccc1Cl. The van der Waals surface area contributed by atoms with Crippen LogP contribution in [0.5, 0.6) is 5.75 Å². The van der Waals surface area contributed by atoms with Gasteiger partial charge >= 0.3 is 0 Å². The van der Waals surface area contributed by atoms with Crippen LogP contribution in [0.4, 0.5) is 5.69 Å². The van der Waals surface area contributed by atoms with Gasteiger partial charge in [0.25, 0.3) is 5.69 Å². The summed E-state index contributed by atoms with van der Waals surface area (Å²) in [5.74, 6) is 0.678. The number of rotatable bonds is 4. The van der Waals surface area contributed by atoms with Crippen LogP contribution in [0.25, 0.3) is 0 Å².